The third-order valence-electron chi connectivity index (χ3n) is 6.78. The minimum absolute atomic E-state index is 0.0849. The molecule has 0 spiro atoms. The second-order valence-electron chi connectivity index (χ2n) is 8.59. The van der Waals surface area contributed by atoms with Crippen LogP contribution in [0.15, 0.2) is 66.7 Å². The molecule has 0 unspecified atom stereocenters. The van der Waals surface area contributed by atoms with Crippen LogP contribution in [0.4, 0.5) is 5.69 Å². The zero-order valence-electron chi connectivity index (χ0n) is 17.6. The van der Waals surface area contributed by atoms with Crippen LogP contribution in [0.1, 0.15) is 31.4 Å². The first-order valence-electron chi connectivity index (χ1n) is 10.4. The molecule has 4 heteroatoms. The van der Waals surface area contributed by atoms with Crippen molar-refractivity contribution in [1.82, 2.24) is 5.32 Å². The topological polar surface area (TPSA) is 41.6 Å². The lowest BCUT2D eigenvalue weighted by molar-refractivity contribution is -0.124. The Bertz CT molecular complexity index is 1180. The van der Waals surface area contributed by atoms with Crippen molar-refractivity contribution in [2.45, 2.75) is 31.3 Å². The van der Waals surface area contributed by atoms with E-state index in [-0.39, 0.29) is 11.3 Å². The van der Waals surface area contributed by atoms with Crippen LogP contribution in [0.5, 0.6) is 5.75 Å². The van der Waals surface area contributed by atoms with Crippen molar-refractivity contribution in [2.75, 3.05) is 18.6 Å². The molecule has 2 aliphatic heterocycles. The molecule has 2 aliphatic rings. The summed E-state index contributed by atoms with van der Waals surface area (Å²) in [4.78, 5) is 14.9. The molecule has 152 valence electrons. The Kier molecular flexibility index (Phi) is 4.14. The SMILES string of the molecule is COc1ccc2ccccc2c1/C=C/[C@@]12NC(=O)CCN1c1ccccc1C2(C)C. The number of carbonyl (C=O) groups is 1. The number of benzene rings is 3. The molecule has 30 heavy (non-hydrogen) atoms. The maximum atomic E-state index is 12.6. The summed E-state index contributed by atoms with van der Waals surface area (Å²) < 4.78 is 5.69. The summed E-state index contributed by atoms with van der Waals surface area (Å²) in [6, 6.07) is 20.9. The van der Waals surface area contributed by atoms with Crippen molar-refractivity contribution in [2.24, 2.45) is 0 Å². The van der Waals surface area contributed by atoms with E-state index in [9.17, 15) is 4.79 Å². The lowest BCUT2D eigenvalue weighted by Crippen LogP contribution is -2.68. The van der Waals surface area contributed by atoms with Gasteiger partial charge in [-0.05, 0) is 34.5 Å². The molecule has 5 rings (SSSR count). The maximum absolute atomic E-state index is 12.6. The van der Waals surface area contributed by atoms with Crippen molar-refractivity contribution < 1.29 is 9.53 Å². The molecule has 3 aromatic rings. The van der Waals surface area contributed by atoms with Gasteiger partial charge in [-0.2, -0.15) is 0 Å². The van der Waals surface area contributed by atoms with E-state index in [2.05, 4.69) is 78.7 Å². The largest absolute Gasteiger partial charge is 0.496 e. The predicted octanol–water partition coefficient (Wildman–Crippen LogP) is 4.88. The average Bonchev–Trinajstić information content (AvgIpc) is 2.95. The Hall–Kier alpha value is -3.27. The van der Waals surface area contributed by atoms with E-state index in [0.717, 1.165) is 22.1 Å². The molecule has 3 aromatic carbocycles. The normalized spacial score (nSPS) is 22.1. The van der Waals surface area contributed by atoms with E-state index in [0.29, 0.717) is 13.0 Å². The van der Waals surface area contributed by atoms with Crippen molar-refractivity contribution in [1.29, 1.82) is 0 Å². The van der Waals surface area contributed by atoms with Crippen molar-refractivity contribution in [3.63, 3.8) is 0 Å². The number of hydrogen-bond donors (Lipinski definition) is 1. The van der Waals surface area contributed by atoms with Gasteiger partial charge in [0.25, 0.3) is 0 Å². The molecule has 1 fully saturated rings. The number of methoxy groups -OCH3 is 1. The van der Waals surface area contributed by atoms with Crippen LogP contribution in [0.25, 0.3) is 16.8 Å². The zero-order valence-corrected chi connectivity index (χ0v) is 17.6. The Morgan fingerprint density at radius 2 is 1.80 bits per heavy atom. The smallest absolute Gasteiger partial charge is 0.223 e. The lowest BCUT2D eigenvalue weighted by Gasteiger charge is -2.49. The van der Waals surface area contributed by atoms with Gasteiger partial charge >= 0.3 is 0 Å². The molecular weight excluding hydrogens is 372 g/mol. The maximum Gasteiger partial charge on any atom is 0.223 e. The summed E-state index contributed by atoms with van der Waals surface area (Å²) in [7, 11) is 1.70. The Balaban J connectivity index is 1.71. The van der Waals surface area contributed by atoms with E-state index in [1.807, 2.05) is 18.2 Å². The van der Waals surface area contributed by atoms with Gasteiger partial charge in [-0.1, -0.05) is 68.5 Å². The molecule has 2 heterocycles. The second-order valence-corrected chi connectivity index (χ2v) is 8.59. The van der Waals surface area contributed by atoms with Gasteiger partial charge in [0.2, 0.25) is 5.91 Å². The molecule has 0 bridgehead atoms. The molecule has 1 saturated heterocycles. The van der Waals surface area contributed by atoms with Crippen molar-refractivity contribution >= 4 is 28.4 Å². The van der Waals surface area contributed by atoms with E-state index in [4.69, 9.17) is 4.74 Å². The van der Waals surface area contributed by atoms with Crippen LogP contribution in [0, 0.1) is 0 Å². The van der Waals surface area contributed by atoms with E-state index in [1.54, 1.807) is 7.11 Å². The Labute approximate surface area is 177 Å². The summed E-state index contributed by atoms with van der Waals surface area (Å²) in [6.07, 6.45) is 4.78. The highest BCUT2D eigenvalue weighted by Crippen LogP contribution is 2.52. The second kappa shape index (κ2) is 6.63. The molecule has 4 nitrogen and oxygen atoms in total. The quantitative estimate of drug-likeness (QED) is 0.684. The summed E-state index contributed by atoms with van der Waals surface area (Å²) >= 11 is 0. The third-order valence-corrected chi connectivity index (χ3v) is 6.78. The number of para-hydroxylation sites is 1. The zero-order chi connectivity index (χ0) is 20.9. The van der Waals surface area contributed by atoms with Gasteiger partial charge in [-0.3, -0.25) is 4.79 Å². The van der Waals surface area contributed by atoms with E-state index in [1.165, 1.54) is 11.3 Å². The number of fused-ring (bicyclic) bond motifs is 4. The van der Waals surface area contributed by atoms with Crippen LogP contribution in [-0.2, 0) is 10.2 Å². The number of nitrogens with one attached hydrogen (secondary N) is 1. The first kappa shape index (κ1) is 18.7. The molecule has 0 radical (unpaired) electrons. The van der Waals surface area contributed by atoms with E-state index >= 15 is 0 Å². The number of carbonyl (C=O) groups excluding carboxylic acids is 1. The number of nitrogens with zero attached hydrogens (tertiary/aromatic N) is 1. The molecule has 1 N–H and O–H groups in total. The van der Waals surface area contributed by atoms with Crippen LogP contribution in [0.2, 0.25) is 0 Å². The van der Waals surface area contributed by atoms with Gasteiger partial charge in [-0.15, -0.1) is 0 Å². The molecule has 1 atom stereocenters. The molecule has 1 amide bonds. The molecular formula is C26H26N2O2. The average molecular weight is 399 g/mol. The van der Waals surface area contributed by atoms with E-state index < -0.39 is 5.66 Å². The fourth-order valence-corrected chi connectivity index (χ4v) is 5.15. The van der Waals surface area contributed by atoms with Gasteiger partial charge in [0.05, 0.1) is 7.11 Å². The highest BCUT2D eigenvalue weighted by atomic mass is 16.5. The number of rotatable bonds is 3. The van der Waals surface area contributed by atoms with Gasteiger partial charge in [0.15, 0.2) is 0 Å². The number of amides is 1. The predicted molar refractivity (Wildman–Crippen MR) is 122 cm³/mol. The first-order chi connectivity index (χ1) is 14.5. The summed E-state index contributed by atoms with van der Waals surface area (Å²) in [5, 5.41) is 5.64. The van der Waals surface area contributed by atoms with Crippen LogP contribution in [0.3, 0.4) is 0 Å². The number of hydrogen-bond acceptors (Lipinski definition) is 3. The highest BCUT2D eigenvalue weighted by molar-refractivity contribution is 5.94. The number of anilines is 1. The van der Waals surface area contributed by atoms with Crippen molar-refractivity contribution in [3.8, 4) is 5.75 Å². The van der Waals surface area contributed by atoms with Crippen molar-refractivity contribution in [3.05, 3.63) is 77.9 Å². The molecule has 0 aliphatic carbocycles. The van der Waals surface area contributed by atoms with Crippen LogP contribution < -0.4 is 15.0 Å². The highest BCUT2D eigenvalue weighted by Gasteiger charge is 2.57. The van der Waals surface area contributed by atoms with Gasteiger partial charge in [0.1, 0.15) is 11.4 Å². The van der Waals surface area contributed by atoms with Gasteiger partial charge in [0, 0.05) is 29.6 Å². The van der Waals surface area contributed by atoms with Gasteiger partial charge in [-0.25, -0.2) is 0 Å². The third kappa shape index (κ3) is 2.49. The lowest BCUT2D eigenvalue weighted by atomic mass is 9.74. The minimum Gasteiger partial charge on any atom is -0.496 e. The first-order valence-corrected chi connectivity index (χ1v) is 10.4. The molecule has 0 aromatic heterocycles. The van der Waals surface area contributed by atoms with Crippen LogP contribution in [-0.4, -0.2) is 25.2 Å². The Morgan fingerprint density at radius 3 is 2.63 bits per heavy atom. The fourth-order valence-electron chi connectivity index (χ4n) is 5.15. The standard InChI is InChI=1S/C26H26N2O2/c1-25(2)21-10-6-7-11-22(21)28-17-15-24(29)27-26(25,28)16-14-20-19-9-5-4-8-18(19)12-13-23(20)30-3/h4-14,16H,15,17H2,1-3H3,(H,27,29)/b16-14+/t26-/m1/s1. The Morgan fingerprint density at radius 1 is 1.03 bits per heavy atom. The monoisotopic (exact) mass is 398 g/mol. The summed E-state index contributed by atoms with van der Waals surface area (Å²) in [6.45, 7) is 5.12. The molecule has 0 saturated carbocycles. The number of ether oxygens (including phenoxy) is 1. The minimum atomic E-state index is -0.631. The summed E-state index contributed by atoms with van der Waals surface area (Å²) in [5.41, 5.74) is 2.54. The fraction of sp³-hybridized carbons (Fsp3) is 0.269. The summed E-state index contributed by atoms with van der Waals surface area (Å²) in [5.74, 6) is 0.907. The van der Waals surface area contributed by atoms with Crippen LogP contribution >= 0.6 is 0 Å². The van der Waals surface area contributed by atoms with Gasteiger partial charge < -0.3 is 15.0 Å².